The van der Waals surface area contributed by atoms with Crippen molar-refractivity contribution in [3.05, 3.63) is 21.3 Å². The first-order valence-electron chi connectivity index (χ1n) is 6.11. The van der Waals surface area contributed by atoms with Crippen molar-refractivity contribution in [2.24, 2.45) is 17.8 Å². The molecule has 0 spiro atoms. The number of rotatable bonds is 3. The van der Waals surface area contributed by atoms with Crippen LogP contribution >= 0.6 is 34.5 Å². The topological polar surface area (TPSA) is 0 Å². The third kappa shape index (κ3) is 2.14. The van der Waals surface area contributed by atoms with E-state index in [2.05, 4.69) is 6.07 Å². The summed E-state index contributed by atoms with van der Waals surface area (Å²) in [5.74, 6) is 2.87. The molecule has 2 fully saturated rings. The second-order valence-corrected chi connectivity index (χ2v) is 7.55. The first-order chi connectivity index (χ1) is 7.72. The average Bonchev–Trinajstić information content (AvgIpc) is 2.92. The van der Waals surface area contributed by atoms with E-state index in [-0.39, 0.29) is 5.38 Å². The van der Waals surface area contributed by atoms with E-state index in [0.29, 0.717) is 0 Å². The van der Waals surface area contributed by atoms with E-state index < -0.39 is 0 Å². The van der Waals surface area contributed by atoms with Crippen molar-refractivity contribution in [1.29, 1.82) is 0 Å². The van der Waals surface area contributed by atoms with Crippen LogP contribution in [0.1, 0.15) is 42.4 Å². The Morgan fingerprint density at radius 2 is 2.19 bits per heavy atom. The lowest BCUT2D eigenvalue weighted by molar-refractivity contribution is 0.312. The first kappa shape index (κ1) is 11.4. The third-order valence-corrected chi connectivity index (χ3v) is 6.18. The molecule has 3 heteroatoms. The van der Waals surface area contributed by atoms with Crippen LogP contribution in [0.4, 0.5) is 0 Å². The van der Waals surface area contributed by atoms with Crippen molar-refractivity contribution in [1.82, 2.24) is 0 Å². The van der Waals surface area contributed by atoms with Gasteiger partial charge in [-0.15, -0.1) is 22.9 Å². The van der Waals surface area contributed by atoms with E-state index in [9.17, 15) is 0 Å². The van der Waals surface area contributed by atoms with E-state index in [0.717, 1.165) is 28.5 Å². The summed E-state index contributed by atoms with van der Waals surface area (Å²) < 4.78 is 0.855. The highest BCUT2D eigenvalue weighted by molar-refractivity contribution is 7.16. The van der Waals surface area contributed by atoms with Crippen LogP contribution in [0, 0.1) is 17.8 Å². The molecule has 0 radical (unpaired) electrons. The molecule has 0 aliphatic heterocycles. The fourth-order valence-corrected chi connectivity index (χ4v) is 5.03. The summed E-state index contributed by atoms with van der Waals surface area (Å²) in [5, 5.41) is 0.182. The SMILES string of the molecule is Clc1ccc(C(Cl)CC2CC3CCC2C3)s1. The predicted octanol–water partition coefficient (Wildman–Crippen LogP) is 5.51. The molecule has 4 atom stereocenters. The lowest BCUT2D eigenvalue weighted by Gasteiger charge is -2.23. The van der Waals surface area contributed by atoms with Gasteiger partial charge in [-0.3, -0.25) is 0 Å². The van der Waals surface area contributed by atoms with Crippen LogP contribution in [-0.2, 0) is 0 Å². The van der Waals surface area contributed by atoms with Gasteiger partial charge in [-0.25, -0.2) is 0 Å². The molecule has 0 aromatic carbocycles. The van der Waals surface area contributed by atoms with Gasteiger partial charge in [0.1, 0.15) is 0 Å². The Balaban J connectivity index is 1.62. The molecule has 2 bridgehead atoms. The van der Waals surface area contributed by atoms with Gasteiger partial charge in [-0.2, -0.15) is 0 Å². The minimum atomic E-state index is 0.182. The molecule has 0 saturated heterocycles. The molecule has 2 saturated carbocycles. The molecular formula is C13H16Cl2S. The molecule has 2 aliphatic carbocycles. The van der Waals surface area contributed by atoms with E-state index in [1.165, 1.54) is 30.6 Å². The van der Waals surface area contributed by atoms with Gasteiger partial charge in [0.15, 0.2) is 0 Å². The second kappa shape index (κ2) is 4.51. The van der Waals surface area contributed by atoms with Gasteiger partial charge in [-0.05, 0) is 55.6 Å². The maximum absolute atomic E-state index is 6.49. The highest BCUT2D eigenvalue weighted by atomic mass is 35.5. The Morgan fingerprint density at radius 1 is 1.31 bits per heavy atom. The molecule has 0 nitrogen and oxygen atoms in total. The maximum Gasteiger partial charge on any atom is 0.0931 e. The van der Waals surface area contributed by atoms with Crippen LogP contribution in [0.5, 0.6) is 0 Å². The average molecular weight is 275 g/mol. The Hall–Kier alpha value is 0.280. The first-order valence-corrected chi connectivity index (χ1v) is 7.75. The zero-order valence-corrected chi connectivity index (χ0v) is 11.5. The van der Waals surface area contributed by atoms with Gasteiger partial charge in [-0.1, -0.05) is 18.0 Å². The highest BCUT2D eigenvalue weighted by Crippen LogP contribution is 2.52. The number of hydrogen-bond donors (Lipinski definition) is 0. The molecule has 88 valence electrons. The van der Waals surface area contributed by atoms with Crippen molar-refractivity contribution >= 4 is 34.5 Å². The summed E-state index contributed by atoms with van der Waals surface area (Å²) >= 11 is 14.1. The summed E-state index contributed by atoms with van der Waals surface area (Å²) in [7, 11) is 0. The number of hydrogen-bond acceptors (Lipinski definition) is 1. The smallest absolute Gasteiger partial charge is 0.0931 e. The lowest BCUT2D eigenvalue weighted by atomic mass is 9.85. The lowest BCUT2D eigenvalue weighted by Crippen LogP contribution is -2.12. The molecule has 16 heavy (non-hydrogen) atoms. The van der Waals surface area contributed by atoms with E-state index in [1.807, 2.05) is 6.07 Å². The summed E-state index contributed by atoms with van der Waals surface area (Å²) in [4.78, 5) is 1.24. The minimum absolute atomic E-state index is 0.182. The third-order valence-electron chi connectivity index (χ3n) is 4.30. The van der Waals surface area contributed by atoms with E-state index in [1.54, 1.807) is 11.3 Å². The van der Waals surface area contributed by atoms with Gasteiger partial charge in [0.25, 0.3) is 0 Å². The molecule has 1 heterocycles. The summed E-state index contributed by atoms with van der Waals surface area (Å²) in [6, 6.07) is 4.04. The Kier molecular flexibility index (Phi) is 3.21. The standard InChI is InChI=1S/C13H16Cl2S/c14-11(12-3-4-13(15)16-12)7-10-6-8-1-2-9(10)5-8/h3-4,8-11H,1-2,5-7H2. The van der Waals surface area contributed by atoms with Crippen LogP contribution in [0.2, 0.25) is 4.34 Å². The molecule has 2 aliphatic rings. The van der Waals surface area contributed by atoms with Crippen LogP contribution in [0.15, 0.2) is 12.1 Å². The van der Waals surface area contributed by atoms with Crippen molar-refractivity contribution < 1.29 is 0 Å². The molecule has 1 aromatic heterocycles. The van der Waals surface area contributed by atoms with Crippen LogP contribution in [-0.4, -0.2) is 0 Å². The minimum Gasteiger partial charge on any atom is -0.127 e. The number of alkyl halides is 1. The van der Waals surface area contributed by atoms with Crippen molar-refractivity contribution in [2.75, 3.05) is 0 Å². The van der Waals surface area contributed by atoms with Gasteiger partial charge in [0.05, 0.1) is 9.71 Å². The molecular weight excluding hydrogens is 259 g/mol. The number of halogens is 2. The van der Waals surface area contributed by atoms with Gasteiger partial charge < -0.3 is 0 Å². The molecule has 4 unspecified atom stereocenters. The van der Waals surface area contributed by atoms with Gasteiger partial charge in [0, 0.05) is 4.88 Å². The quantitative estimate of drug-likeness (QED) is 0.638. The Morgan fingerprint density at radius 3 is 2.75 bits per heavy atom. The van der Waals surface area contributed by atoms with E-state index in [4.69, 9.17) is 23.2 Å². The summed E-state index contributed by atoms with van der Waals surface area (Å²) in [6.45, 7) is 0. The predicted molar refractivity (Wildman–Crippen MR) is 71.5 cm³/mol. The number of fused-ring (bicyclic) bond motifs is 2. The molecule has 0 N–H and O–H groups in total. The fraction of sp³-hybridized carbons (Fsp3) is 0.692. The second-order valence-electron chi connectivity index (χ2n) is 5.28. The zero-order chi connectivity index (χ0) is 11.1. The summed E-state index contributed by atoms with van der Waals surface area (Å²) in [5.41, 5.74) is 0. The van der Waals surface area contributed by atoms with Crippen LogP contribution in [0.25, 0.3) is 0 Å². The highest BCUT2D eigenvalue weighted by Gasteiger charge is 2.40. The van der Waals surface area contributed by atoms with Crippen molar-refractivity contribution in [3.63, 3.8) is 0 Å². The summed E-state index contributed by atoms with van der Waals surface area (Å²) in [6.07, 6.45) is 6.97. The largest absolute Gasteiger partial charge is 0.127 e. The fourth-order valence-electron chi connectivity index (χ4n) is 3.54. The normalized spacial score (nSPS) is 34.5. The van der Waals surface area contributed by atoms with Crippen LogP contribution in [0.3, 0.4) is 0 Å². The Bertz CT molecular complexity index is 374. The molecule has 1 aromatic rings. The molecule has 0 amide bonds. The molecule has 3 rings (SSSR count). The van der Waals surface area contributed by atoms with Crippen LogP contribution < -0.4 is 0 Å². The zero-order valence-electron chi connectivity index (χ0n) is 9.16. The van der Waals surface area contributed by atoms with Crippen molar-refractivity contribution in [3.8, 4) is 0 Å². The number of thiophene rings is 1. The van der Waals surface area contributed by atoms with Gasteiger partial charge >= 0.3 is 0 Å². The monoisotopic (exact) mass is 274 g/mol. The van der Waals surface area contributed by atoms with Crippen molar-refractivity contribution in [2.45, 2.75) is 37.5 Å². The van der Waals surface area contributed by atoms with E-state index >= 15 is 0 Å². The Labute approximate surface area is 111 Å². The van der Waals surface area contributed by atoms with Gasteiger partial charge in [0.2, 0.25) is 0 Å². The maximum atomic E-state index is 6.49.